The zero-order valence-electron chi connectivity index (χ0n) is 16.0. The summed E-state index contributed by atoms with van der Waals surface area (Å²) in [7, 11) is 2.13. The normalized spacial score (nSPS) is 16.1. The monoisotopic (exact) mass is 351 g/mol. The van der Waals surface area contributed by atoms with Crippen LogP contribution in [0.1, 0.15) is 18.9 Å². The smallest absolute Gasteiger partial charge is 0.0414 e. The van der Waals surface area contributed by atoms with Gasteiger partial charge in [-0.15, -0.1) is 0 Å². The Morgan fingerprint density at radius 1 is 0.741 bits per heavy atom. The first-order chi connectivity index (χ1) is 13.2. The molecule has 3 aromatic carbocycles. The second kappa shape index (κ2) is 7.67. The Bertz CT molecular complexity index is 965. The lowest BCUT2D eigenvalue weighted by Crippen LogP contribution is -2.09. The lowest BCUT2D eigenvalue weighted by atomic mass is 9.94. The maximum absolute atomic E-state index is 2.34. The van der Waals surface area contributed by atoms with Crippen molar-refractivity contribution in [2.75, 3.05) is 11.9 Å². The number of rotatable bonds is 4. The van der Waals surface area contributed by atoms with Crippen LogP contribution in [0.5, 0.6) is 0 Å². The van der Waals surface area contributed by atoms with Crippen molar-refractivity contribution in [1.29, 1.82) is 0 Å². The summed E-state index contributed by atoms with van der Waals surface area (Å²) in [4.78, 5) is 2.24. The molecule has 0 saturated heterocycles. The number of benzene rings is 3. The van der Waals surface area contributed by atoms with Gasteiger partial charge >= 0.3 is 0 Å². The van der Waals surface area contributed by atoms with E-state index in [1.165, 1.54) is 33.6 Å². The molecule has 1 heteroatoms. The largest absolute Gasteiger partial charge is 0.345 e. The van der Waals surface area contributed by atoms with E-state index in [4.69, 9.17) is 0 Å². The molecule has 3 aromatic rings. The predicted molar refractivity (Wildman–Crippen MR) is 117 cm³/mol. The zero-order valence-corrected chi connectivity index (χ0v) is 16.0. The number of anilines is 2. The highest BCUT2D eigenvalue weighted by Crippen LogP contribution is 2.30. The van der Waals surface area contributed by atoms with E-state index in [1.807, 2.05) is 0 Å². The highest BCUT2D eigenvalue weighted by Gasteiger charge is 2.08. The van der Waals surface area contributed by atoms with E-state index >= 15 is 0 Å². The maximum atomic E-state index is 2.34. The Morgan fingerprint density at radius 3 is 2.19 bits per heavy atom. The minimum Gasteiger partial charge on any atom is -0.345 e. The van der Waals surface area contributed by atoms with Gasteiger partial charge < -0.3 is 4.90 Å². The van der Waals surface area contributed by atoms with Crippen molar-refractivity contribution < 1.29 is 0 Å². The molecule has 0 N–H and O–H groups in total. The summed E-state index contributed by atoms with van der Waals surface area (Å²) in [6.45, 7) is 2.26. The van der Waals surface area contributed by atoms with Crippen LogP contribution in [0.2, 0.25) is 0 Å². The van der Waals surface area contributed by atoms with Gasteiger partial charge in [-0.05, 0) is 58.9 Å². The van der Waals surface area contributed by atoms with Gasteiger partial charge in [-0.3, -0.25) is 0 Å². The quantitative estimate of drug-likeness (QED) is 0.484. The molecule has 0 aliphatic heterocycles. The van der Waals surface area contributed by atoms with Crippen molar-refractivity contribution in [2.24, 2.45) is 5.92 Å². The van der Waals surface area contributed by atoms with Gasteiger partial charge in [0.25, 0.3) is 0 Å². The molecule has 0 bridgehead atoms. The molecular weight excluding hydrogens is 326 g/mol. The number of hydrogen-bond acceptors (Lipinski definition) is 1. The van der Waals surface area contributed by atoms with Crippen LogP contribution in [0, 0.1) is 5.92 Å². The SMILES string of the molecule is CC1C=CC(c2ccc(N(C)c3cccc(-c4ccccc4)c3)cc2)=CC1. The fraction of sp³-hybridized carbons (Fsp3) is 0.154. The summed E-state index contributed by atoms with van der Waals surface area (Å²) < 4.78 is 0. The van der Waals surface area contributed by atoms with Gasteiger partial charge in [0.05, 0.1) is 0 Å². The van der Waals surface area contributed by atoms with Crippen LogP contribution >= 0.6 is 0 Å². The van der Waals surface area contributed by atoms with E-state index in [0.29, 0.717) is 5.92 Å². The van der Waals surface area contributed by atoms with Crippen LogP contribution in [0.3, 0.4) is 0 Å². The Hall–Kier alpha value is -3.06. The van der Waals surface area contributed by atoms with Crippen LogP contribution in [-0.4, -0.2) is 7.05 Å². The van der Waals surface area contributed by atoms with Gasteiger partial charge in [-0.2, -0.15) is 0 Å². The molecule has 0 radical (unpaired) electrons. The van der Waals surface area contributed by atoms with E-state index in [9.17, 15) is 0 Å². The lowest BCUT2D eigenvalue weighted by molar-refractivity contribution is 0.739. The van der Waals surface area contributed by atoms with Crippen molar-refractivity contribution >= 4 is 16.9 Å². The van der Waals surface area contributed by atoms with Crippen LogP contribution < -0.4 is 4.90 Å². The molecule has 1 aliphatic carbocycles. The van der Waals surface area contributed by atoms with Crippen LogP contribution in [-0.2, 0) is 0 Å². The summed E-state index contributed by atoms with van der Waals surface area (Å²) in [6.07, 6.45) is 8.01. The maximum Gasteiger partial charge on any atom is 0.0414 e. The molecule has 1 unspecified atom stereocenters. The van der Waals surface area contributed by atoms with Crippen molar-refractivity contribution in [1.82, 2.24) is 0 Å². The minimum atomic E-state index is 0.649. The zero-order chi connectivity index (χ0) is 18.6. The highest BCUT2D eigenvalue weighted by molar-refractivity contribution is 5.77. The molecule has 0 saturated carbocycles. The summed E-state index contributed by atoms with van der Waals surface area (Å²) in [5.41, 5.74) is 7.48. The topological polar surface area (TPSA) is 3.24 Å². The van der Waals surface area contributed by atoms with Gasteiger partial charge in [0.2, 0.25) is 0 Å². The summed E-state index contributed by atoms with van der Waals surface area (Å²) in [5.74, 6) is 0.649. The fourth-order valence-corrected chi connectivity index (χ4v) is 3.49. The van der Waals surface area contributed by atoms with Gasteiger partial charge in [0, 0.05) is 18.4 Å². The second-order valence-corrected chi connectivity index (χ2v) is 7.25. The molecule has 0 spiro atoms. The van der Waals surface area contributed by atoms with E-state index in [1.54, 1.807) is 0 Å². The minimum absolute atomic E-state index is 0.649. The van der Waals surface area contributed by atoms with Crippen LogP contribution in [0.25, 0.3) is 16.7 Å². The van der Waals surface area contributed by atoms with Crippen LogP contribution in [0.4, 0.5) is 11.4 Å². The highest BCUT2D eigenvalue weighted by atomic mass is 15.1. The van der Waals surface area contributed by atoms with E-state index in [2.05, 4.69) is 116 Å². The standard InChI is InChI=1S/C26H25N/c1-20-11-13-22(14-12-20)23-15-17-25(18-16-23)27(2)26-10-6-9-24(19-26)21-7-4-3-5-8-21/h3-11,13-20H,12H2,1-2H3. The van der Waals surface area contributed by atoms with Crippen LogP contribution in [0.15, 0.2) is 97.1 Å². The molecule has 134 valence electrons. The molecule has 1 nitrogen and oxygen atoms in total. The molecule has 0 heterocycles. The number of hydrogen-bond donors (Lipinski definition) is 0. The average Bonchev–Trinajstić information content (AvgIpc) is 2.75. The predicted octanol–water partition coefficient (Wildman–Crippen LogP) is 7.10. The molecule has 4 rings (SSSR count). The molecule has 0 aromatic heterocycles. The molecular formula is C26H25N. The average molecular weight is 351 g/mol. The first-order valence-electron chi connectivity index (χ1n) is 9.59. The molecule has 1 atom stereocenters. The summed E-state index contributed by atoms with van der Waals surface area (Å²) in [5, 5.41) is 0. The third-order valence-electron chi connectivity index (χ3n) is 5.24. The molecule has 0 amide bonds. The first kappa shape index (κ1) is 17.4. The van der Waals surface area contributed by atoms with Gasteiger partial charge in [-0.1, -0.05) is 79.7 Å². The lowest BCUT2D eigenvalue weighted by Gasteiger charge is -2.21. The van der Waals surface area contributed by atoms with E-state index in [0.717, 1.165) is 6.42 Å². The van der Waals surface area contributed by atoms with Gasteiger partial charge in [0.1, 0.15) is 0 Å². The van der Waals surface area contributed by atoms with Crippen molar-refractivity contribution in [2.45, 2.75) is 13.3 Å². The molecule has 27 heavy (non-hydrogen) atoms. The summed E-state index contributed by atoms with van der Waals surface area (Å²) >= 11 is 0. The van der Waals surface area contributed by atoms with Crippen molar-refractivity contribution in [3.63, 3.8) is 0 Å². The van der Waals surface area contributed by atoms with Crippen molar-refractivity contribution in [3.05, 3.63) is 103 Å². The molecule has 1 aliphatic rings. The second-order valence-electron chi connectivity index (χ2n) is 7.25. The van der Waals surface area contributed by atoms with Gasteiger partial charge in [0.15, 0.2) is 0 Å². The number of nitrogens with zero attached hydrogens (tertiary/aromatic N) is 1. The third kappa shape index (κ3) is 3.88. The number of allylic oxidation sites excluding steroid dienone is 4. The van der Waals surface area contributed by atoms with E-state index < -0.39 is 0 Å². The Labute approximate surface area is 162 Å². The first-order valence-corrected chi connectivity index (χ1v) is 9.59. The molecule has 0 fully saturated rings. The van der Waals surface area contributed by atoms with Crippen molar-refractivity contribution in [3.8, 4) is 11.1 Å². The Balaban J connectivity index is 1.56. The van der Waals surface area contributed by atoms with Gasteiger partial charge in [-0.25, -0.2) is 0 Å². The Kier molecular flexibility index (Phi) is 4.93. The third-order valence-corrected chi connectivity index (χ3v) is 5.24. The fourth-order valence-electron chi connectivity index (χ4n) is 3.49. The van der Waals surface area contributed by atoms with E-state index in [-0.39, 0.29) is 0 Å². The summed E-state index contributed by atoms with van der Waals surface area (Å²) in [6, 6.07) is 28.1. The Morgan fingerprint density at radius 2 is 1.48 bits per heavy atom.